The van der Waals surface area contributed by atoms with Crippen molar-refractivity contribution in [3.63, 3.8) is 0 Å². The number of hydrogen-bond acceptors (Lipinski definition) is 7. The zero-order valence-electron chi connectivity index (χ0n) is 14.6. The van der Waals surface area contributed by atoms with E-state index >= 15 is 0 Å². The van der Waals surface area contributed by atoms with Crippen LogP contribution < -0.4 is 11.1 Å². The molecule has 1 saturated heterocycles. The number of rotatable bonds is 6. The predicted molar refractivity (Wildman–Crippen MR) is 106 cm³/mol. The van der Waals surface area contributed by atoms with Gasteiger partial charge in [0, 0.05) is 26.2 Å². The van der Waals surface area contributed by atoms with Crippen LogP contribution in [0.5, 0.6) is 0 Å². The highest BCUT2D eigenvalue weighted by atomic mass is 32.2. The standard InChI is InChI=1S/C16H20N4O4S3/c1-11(15(22)18-16-12(14(17)21)4-10-26-16)19-5-7-20(8-6-19)27(23,24)13-3-2-9-25-13/h2-4,9-11H,5-8H2,1H3,(H2,17,21)(H,18,22)/t11-/m0/s1. The van der Waals surface area contributed by atoms with Crippen LogP contribution in [0.15, 0.2) is 33.2 Å². The number of piperazine rings is 1. The molecule has 0 spiro atoms. The highest BCUT2D eigenvalue weighted by Gasteiger charge is 2.32. The Balaban J connectivity index is 1.60. The lowest BCUT2D eigenvalue weighted by atomic mass is 10.2. The van der Waals surface area contributed by atoms with Crippen molar-refractivity contribution < 1.29 is 18.0 Å². The van der Waals surface area contributed by atoms with Crippen LogP contribution in [-0.4, -0.2) is 61.7 Å². The summed E-state index contributed by atoms with van der Waals surface area (Å²) in [6.07, 6.45) is 0. The van der Waals surface area contributed by atoms with Crippen LogP contribution in [-0.2, 0) is 14.8 Å². The maximum Gasteiger partial charge on any atom is 0.252 e. The number of carbonyl (C=O) groups is 2. The number of anilines is 1. The highest BCUT2D eigenvalue weighted by Crippen LogP contribution is 2.24. The van der Waals surface area contributed by atoms with Gasteiger partial charge in [-0.2, -0.15) is 4.31 Å². The summed E-state index contributed by atoms with van der Waals surface area (Å²) >= 11 is 2.43. The first-order chi connectivity index (χ1) is 12.8. The molecule has 0 saturated carbocycles. The van der Waals surface area contributed by atoms with Crippen LogP contribution in [0.1, 0.15) is 17.3 Å². The van der Waals surface area contributed by atoms with Gasteiger partial charge in [-0.15, -0.1) is 22.7 Å². The van der Waals surface area contributed by atoms with E-state index in [1.807, 2.05) is 4.90 Å². The number of sulfonamides is 1. The number of amides is 2. The average molecular weight is 429 g/mol. The van der Waals surface area contributed by atoms with Gasteiger partial charge in [0.05, 0.1) is 11.6 Å². The fourth-order valence-corrected chi connectivity index (χ4v) is 6.21. The maximum absolute atomic E-state index is 12.6. The molecule has 3 heterocycles. The minimum Gasteiger partial charge on any atom is -0.366 e. The van der Waals surface area contributed by atoms with Gasteiger partial charge in [0.25, 0.3) is 15.9 Å². The van der Waals surface area contributed by atoms with Gasteiger partial charge in [0.1, 0.15) is 9.21 Å². The maximum atomic E-state index is 12.6. The van der Waals surface area contributed by atoms with Crippen LogP contribution in [0.25, 0.3) is 0 Å². The van der Waals surface area contributed by atoms with Crippen LogP contribution in [0.3, 0.4) is 0 Å². The van der Waals surface area contributed by atoms with Crippen molar-refractivity contribution in [2.75, 3.05) is 31.5 Å². The molecule has 2 aromatic heterocycles. The van der Waals surface area contributed by atoms with E-state index in [-0.39, 0.29) is 11.5 Å². The molecule has 3 rings (SSSR count). The third kappa shape index (κ3) is 4.22. The number of thiophene rings is 2. The third-order valence-electron chi connectivity index (χ3n) is 4.46. The first-order valence-corrected chi connectivity index (χ1v) is 11.5. The Hall–Kier alpha value is -1.79. The van der Waals surface area contributed by atoms with Crippen molar-refractivity contribution in [2.24, 2.45) is 5.73 Å². The quantitative estimate of drug-likeness (QED) is 0.719. The summed E-state index contributed by atoms with van der Waals surface area (Å²) in [5.41, 5.74) is 5.58. The van der Waals surface area contributed by atoms with Gasteiger partial charge in [-0.1, -0.05) is 6.07 Å². The van der Waals surface area contributed by atoms with Gasteiger partial charge in [-0.3, -0.25) is 14.5 Å². The van der Waals surface area contributed by atoms with E-state index in [4.69, 9.17) is 5.73 Å². The minimum atomic E-state index is -3.47. The molecule has 1 atom stereocenters. The number of nitrogens with two attached hydrogens (primary N) is 1. The normalized spacial score (nSPS) is 17.5. The second-order valence-electron chi connectivity index (χ2n) is 6.07. The monoisotopic (exact) mass is 428 g/mol. The Kier molecular flexibility index (Phi) is 5.96. The molecule has 11 heteroatoms. The Bertz CT molecular complexity index is 915. The Morgan fingerprint density at radius 3 is 2.44 bits per heavy atom. The van der Waals surface area contributed by atoms with E-state index in [0.29, 0.717) is 35.4 Å². The Morgan fingerprint density at radius 2 is 1.85 bits per heavy atom. The lowest BCUT2D eigenvalue weighted by molar-refractivity contribution is -0.121. The van der Waals surface area contributed by atoms with Crippen LogP contribution >= 0.6 is 22.7 Å². The SMILES string of the molecule is C[C@@H](C(=O)Nc1sccc1C(N)=O)N1CCN(S(=O)(=O)c2cccs2)CC1. The first-order valence-electron chi connectivity index (χ1n) is 8.26. The molecule has 0 aliphatic carbocycles. The lowest BCUT2D eigenvalue weighted by Crippen LogP contribution is -2.53. The van der Waals surface area contributed by atoms with Gasteiger partial charge in [0.15, 0.2) is 0 Å². The van der Waals surface area contributed by atoms with Gasteiger partial charge in [-0.05, 0) is 29.8 Å². The Labute approximate surface area is 165 Å². The highest BCUT2D eigenvalue weighted by molar-refractivity contribution is 7.91. The van der Waals surface area contributed by atoms with E-state index in [2.05, 4.69) is 5.32 Å². The number of nitrogens with one attached hydrogen (secondary N) is 1. The summed E-state index contributed by atoms with van der Waals surface area (Å²) in [6, 6.07) is 4.42. The second-order valence-corrected chi connectivity index (χ2v) is 10.1. The number of nitrogens with zero attached hydrogens (tertiary/aromatic N) is 2. The zero-order chi connectivity index (χ0) is 19.6. The van der Waals surface area contributed by atoms with Crippen molar-refractivity contribution in [3.05, 3.63) is 34.5 Å². The van der Waals surface area contributed by atoms with Crippen molar-refractivity contribution in [2.45, 2.75) is 17.2 Å². The molecule has 0 unspecified atom stereocenters. The summed E-state index contributed by atoms with van der Waals surface area (Å²) in [4.78, 5) is 25.8. The lowest BCUT2D eigenvalue weighted by Gasteiger charge is -2.36. The summed E-state index contributed by atoms with van der Waals surface area (Å²) in [6.45, 7) is 3.31. The van der Waals surface area contributed by atoms with Crippen molar-refractivity contribution >= 4 is 49.5 Å². The second kappa shape index (κ2) is 8.07. The van der Waals surface area contributed by atoms with Gasteiger partial charge >= 0.3 is 0 Å². The van der Waals surface area contributed by atoms with Gasteiger partial charge in [-0.25, -0.2) is 8.42 Å². The molecule has 8 nitrogen and oxygen atoms in total. The topological polar surface area (TPSA) is 113 Å². The first kappa shape index (κ1) is 20.0. The summed E-state index contributed by atoms with van der Waals surface area (Å²) in [7, 11) is -3.47. The summed E-state index contributed by atoms with van der Waals surface area (Å²) in [5, 5.41) is 6.59. The van der Waals surface area contributed by atoms with E-state index in [1.54, 1.807) is 35.9 Å². The van der Waals surface area contributed by atoms with Crippen LogP contribution in [0, 0.1) is 0 Å². The molecule has 3 N–H and O–H groups in total. The molecule has 1 aliphatic rings. The smallest absolute Gasteiger partial charge is 0.252 e. The van der Waals surface area contributed by atoms with Gasteiger partial charge < -0.3 is 11.1 Å². The summed E-state index contributed by atoms with van der Waals surface area (Å²) in [5.74, 6) is -0.846. The Morgan fingerprint density at radius 1 is 1.15 bits per heavy atom. The molecular formula is C16H20N4O4S3. The third-order valence-corrected chi connectivity index (χ3v) is 8.56. The van der Waals surface area contributed by atoms with E-state index in [1.165, 1.54) is 27.0 Å². The summed E-state index contributed by atoms with van der Waals surface area (Å²) < 4.78 is 26.9. The van der Waals surface area contributed by atoms with E-state index < -0.39 is 22.0 Å². The molecular weight excluding hydrogens is 408 g/mol. The fourth-order valence-electron chi connectivity index (χ4n) is 2.85. The number of primary amides is 1. The van der Waals surface area contributed by atoms with Crippen LogP contribution in [0.2, 0.25) is 0 Å². The molecule has 0 aromatic carbocycles. The van der Waals surface area contributed by atoms with E-state index in [9.17, 15) is 18.0 Å². The molecule has 0 radical (unpaired) electrons. The molecule has 27 heavy (non-hydrogen) atoms. The predicted octanol–water partition coefficient (Wildman–Crippen LogP) is 1.24. The fraction of sp³-hybridized carbons (Fsp3) is 0.375. The molecule has 146 valence electrons. The molecule has 0 bridgehead atoms. The van der Waals surface area contributed by atoms with Crippen molar-refractivity contribution in [1.29, 1.82) is 0 Å². The van der Waals surface area contributed by atoms with Gasteiger partial charge in [0.2, 0.25) is 5.91 Å². The van der Waals surface area contributed by atoms with Crippen molar-refractivity contribution in [3.8, 4) is 0 Å². The number of carbonyl (C=O) groups excluding carboxylic acids is 2. The largest absolute Gasteiger partial charge is 0.366 e. The van der Waals surface area contributed by atoms with E-state index in [0.717, 1.165) is 0 Å². The van der Waals surface area contributed by atoms with Crippen LogP contribution in [0.4, 0.5) is 5.00 Å². The molecule has 2 amide bonds. The molecule has 2 aromatic rings. The average Bonchev–Trinajstić information content (AvgIpc) is 3.33. The molecule has 1 aliphatic heterocycles. The minimum absolute atomic E-state index is 0.255. The van der Waals surface area contributed by atoms with Crippen molar-refractivity contribution in [1.82, 2.24) is 9.21 Å². The number of hydrogen-bond donors (Lipinski definition) is 2. The molecule has 1 fully saturated rings. The zero-order valence-corrected chi connectivity index (χ0v) is 17.1.